The van der Waals surface area contributed by atoms with Crippen LogP contribution in [-0.2, 0) is 5.41 Å². The van der Waals surface area contributed by atoms with Crippen molar-refractivity contribution in [1.29, 1.82) is 0 Å². The molecular formula is C27H24OP. The molecule has 1 aliphatic heterocycles. The van der Waals surface area contributed by atoms with Gasteiger partial charge in [-0.15, -0.1) is 0 Å². The van der Waals surface area contributed by atoms with Gasteiger partial charge in [0.1, 0.15) is 11.5 Å². The number of hydrogen-bond acceptors (Lipinski definition) is 1. The molecule has 143 valence electrons. The van der Waals surface area contributed by atoms with E-state index in [2.05, 4.69) is 86.6 Å². The van der Waals surface area contributed by atoms with E-state index in [-0.39, 0.29) is 5.41 Å². The first-order valence-corrected chi connectivity index (χ1v) is 10.7. The number of fused-ring (bicyclic) bond motifs is 2. The van der Waals surface area contributed by atoms with Crippen molar-refractivity contribution in [3.05, 3.63) is 120 Å². The maximum atomic E-state index is 5.91. The number of hydrogen-bond donors (Lipinski definition) is 0. The van der Waals surface area contributed by atoms with E-state index >= 15 is 0 Å². The van der Waals surface area contributed by atoms with Crippen LogP contribution in [0.4, 0.5) is 0 Å². The monoisotopic (exact) mass is 395 g/mol. The van der Waals surface area contributed by atoms with Crippen LogP contribution in [-0.4, -0.2) is 0 Å². The summed E-state index contributed by atoms with van der Waals surface area (Å²) in [6.45, 7) is 4.49. The summed E-state index contributed by atoms with van der Waals surface area (Å²) in [4.78, 5) is 0. The molecular weight excluding hydrogens is 371 g/mol. The minimum absolute atomic E-state index is 0.0193. The van der Waals surface area contributed by atoms with Crippen molar-refractivity contribution in [3.63, 3.8) is 0 Å². The van der Waals surface area contributed by atoms with Crippen LogP contribution in [0, 0.1) is 0 Å². The Bertz CT molecular complexity index is 987. The molecule has 0 saturated carbocycles. The van der Waals surface area contributed by atoms with E-state index in [1.807, 2.05) is 36.4 Å². The van der Waals surface area contributed by atoms with Crippen molar-refractivity contribution < 1.29 is 4.74 Å². The van der Waals surface area contributed by atoms with Gasteiger partial charge in [0, 0.05) is 16.5 Å². The molecule has 4 aromatic rings. The second-order valence-electron chi connectivity index (χ2n) is 7.50. The Balaban J connectivity index is 0.000000145. The lowest BCUT2D eigenvalue weighted by Gasteiger charge is -2.34. The number of benzene rings is 4. The summed E-state index contributed by atoms with van der Waals surface area (Å²) < 4.78 is 5.91. The summed E-state index contributed by atoms with van der Waals surface area (Å²) >= 11 is 0. The number of rotatable bonds is 2. The highest BCUT2D eigenvalue weighted by Gasteiger charge is 2.33. The molecule has 0 atom stereocenters. The summed E-state index contributed by atoms with van der Waals surface area (Å²) in [6, 6.07) is 37.5. The largest absolute Gasteiger partial charge is 0.457 e. The fraction of sp³-hybridized carbons (Fsp3) is 0.111. The third-order valence-electron chi connectivity index (χ3n) is 5.11. The van der Waals surface area contributed by atoms with Crippen molar-refractivity contribution in [2.75, 3.05) is 0 Å². The van der Waals surface area contributed by atoms with Crippen molar-refractivity contribution in [2.24, 2.45) is 0 Å². The van der Waals surface area contributed by atoms with Gasteiger partial charge >= 0.3 is 0 Å². The third-order valence-corrected chi connectivity index (χ3v) is 6.22. The fourth-order valence-corrected chi connectivity index (χ4v) is 4.50. The van der Waals surface area contributed by atoms with Gasteiger partial charge in [0.2, 0.25) is 0 Å². The zero-order valence-corrected chi connectivity index (χ0v) is 17.6. The average molecular weight is 395 g/mol. The first-order valence-electron chi connectivity index (χ1n) is 9.83. The SMILES string of the molecule is CC1(C)c2ccccc2Oc2ccccc21.c1ccc([P]c2ccccc2)cc1. The normalized spacial score (nSPS) is 13.2. The van der Waals surface area contributed by atoms with Gasteiger partial charge in [0.05, 0.1) is 0 Å². The molecule has 4 aromatic carbocycles. The van der Waals surface area contributed by atoms with Crippen molar-refractivity contribution in [1.82, 2.24) is 0 Å². The van der Waals surface area contributed by atoms with Crippen LogP contribution in [0.25, 0.3) is 0 Å². The van der Waals surface area contributed by atoms with Crippen LogP contribution < -0.4 is 15.3 Å². The highest BCUT2D eigenvalue weighted by molar-refractivity contribution is 7.55. The van der Waals surface area contributed by atoms with E-state index in [9.17, 15) is 0 Å². The first-order chi connectivity index (χ1) is 14.1. The molecule has 0 amide bonds. The molecule has 1 aliphatic rings. The van der Waals surface area contributed by atoms with E-state index in [4.69, 9.17) is 4.74 Å². The lowest BCUT2D eigenvalue weighted by Crippen LogP contribution is -2.23. The molecule has 0 aromatic heterocycles. The predicted octanol–water partition coefficient (Wildman–Crippen LogP) is 6.70. The summed E-state index contributed by atoms with van der Waals surface area (Å²) in [6.07, 6.45) is 0. The fourth-order valence-electron chi connectivity index (χ4n) is 3.56. The Morgan fingerprint density at radius 2 is 0.897 bits per heavy atom. The van der Waals surface area contributed by atoms with Gasteiger partial charge in [0.15, 0.2) is 0 Å². The standard InChI is InChI=1S/C15H14O.C12H10P/c1-15(2)11-7-3-5-9-13(11)16-14-10-6-4-8-12(14)15;1-3-7-11(8-4-1)13-12-9-5-2-6-10-12/h3-10H,1-2H3;1-10H. The smallest absolute Gasteiger partial charge is 0.131 e. The van der Waals surface area contributed by atoms with Crippen LogP contribution in [0.5, 0.6) is 11.5 Å². The molecule has 0 unspecified atom stereocenters. The van der Waals surface area contributed by atoms with Gasteiger partial charge in [-0.05, 0) is 31.3 Å². The quantitative estimate of drug-likeness (QED) is 0.343. The lowest BCUT2D eigenvalue weighted by molar-refractivity contribution is 0.418. The second kappa shape index (κ2) is 8.64. The summed E-state index contributed by atoms with van der Waals surface area (Å²) in [5, 5.41) is 2.68. The molecule has 1 nitrogen and oxygen atoms in total. The van der Waals surface area contributed by atoms with E-state index in [1.165, 1.54) is 30.3 Å². The first kappa shape index (κ1) is 19.4. The third kappa shape index (κ3) is 4.42. The molecule has 0 N–H and O–H groups in total. The lowest BCUT2D eigenvalue weighted by atomic mass is 9.76. The predicted molar refractivity (Wildman–Crippen MR) is 124 cm³/mol. The summed E-state index contributed by atoms with van der Waals surface area (Å²) in [5.41, 5.74) is 2.54. The van der Waals surface area contributed by atoms with E-state index in [0.717, 1.165) is 11.5 Å². The van der Waals surface area contributed by atoms with Crippen molar-refractivity contribution in [3.8, 4) is 11.5 Å². The van der Waals surface area contributed by atoms with E-state index < -0.39 is 0 Å². The molecule has 0 spiro atoms. The van der Waals surface area contributed by atoms with Gasteiger partial charge in [-0.25, -0.2) is 0 Å². The maximum Gasteiger partial charge on any atom is 0.131 e. The molecule has 0 aliphatic carbocycles. The van der Waals surface area contributed by atoms with Crippen LogP contribution in [0.3, 0.4) is 0 Å². The Morgan fingerprint density at radius 3 is 1.34 bits per heavy atom. The molecule has 0 fully saturated rings. The number of ether oxygens (including phenoxy) is 1. The van der Waals surface area contributed by atoms with Gasteiger partial charge < -0.3 is 4.74 Å². The summed E-state index contributed by atoms with van der Waals surface area (Å²) in [7, 11) is 1.28. The van der Waals surface area contributed by atoms with Gasteiger partial charge in [0.25, 0.3) is 0 Å². The molecule has 29 heavy (non-hydrogen) atoms. The number of para-hydroxylation sites is 2. The molecule has 0 bridgehead atoms. The molecule has 1 heterocycles. The van der Waals surface area contributed by atoms with Gasteiger partial charge in [-0.1, -0.05) is 111 Å². The Kier molecular flexibility index (Phi) is 5.79. The minimum atomic E-state index is 0.0193. The summed E-state index contributed by atoms with van der Waals surface area (Å²) in [5.74, 6) is 1.96. The van der Waals surface area contributed by atoms with Gasteiger partial charge in [-0.2, -0.15) is 0 Å². The van der Waals surface area contributed by atoms with Crippen molar-refractivity contribution in [2.45, 2.75) is 19.3 Å². The van der Waals surface area contributed by atoms with Crippen LogP contribution >= 0.6 is 8.58 Å². The van der Waals surface area contributed by atoms with Gasteiger partial charge in [-0.3, -0.25) is 0 Å². The van der Waals surface area contributed by atoms with Crippen LogP contribution in [0.2, 0.25) is 0 Å². The molecule has 0 saturated heterocycles. The zero-order valence-electron chi connectivity index (χ0n) is 16.7. The van der Waals surface area contributed by atoms with Crippen molar-refractivity contribution >= 4 is 19.2 Å². The molecule has 1 radical (unpaired) electrons. The average Bonchev–Trinajstić information content (AvgIpc) is 2.76. The highest BCUT2D eigenvalue weighted by Crippen LogP contribution is 2.47. The van der Waals surface area contributed by atoms with E-state index in [1.54, 1.807) is 0 Å². The highest BCUT2D eigenvalue weighted by atomic mass is 31.1. The Labute approximate surface area is 175 Å². The van der Waals surface area contributed by atoms with E-state index in [0.29, 0.717) is 0 Å². The molecule has 5 rings (SSSR count). The van der Waals surface area contributed by atoms with Crippen LogP contribution in [0.1, 0.15) is 25.0 Å². The maximum absolute atomic E-state index is 5.91. The minimum Gasteiger partial charge on any atom is -0.457 e. The zero-order chi connectivity index (χ0) is 20.1. The Hall–Kier alpha value is -2.89. The second-order valence-corrected chi connectivity index (χ2v) is 8.76. The van der Waals surface area contributed by atoms with Crippen LogP contribution in [0.15, 0.2) is 109 Å². The Morgan fingerprint density at radius 1 is 0.517 bits per heavy atom. The molecule has 2 heteroatoms. The topological polar surface area (TPSA) is 9.23 Å².